The number of piperazine rings is 1. The van der Waals surface area contributed by atoms with Crippen molar-refractivity contribution in [3.05, 3.63) is 36.2 Å². The zero-order valence-corrected chi connectivity index (χ0v) is 14.7. The number of nitrogens with zero attached hydrogens (tertiary/aromatic N) is 4. The third-order valence-electron chi connectivity index (χ3n) is 4.87. The Labute approximate surface area is 152 Å². The lowest BCUT2D eigenvalue weighted by atomic mass is 10.1. The predicted octanol–water partition coefficient (Wildman–Crippen LogP) is 1.28. The van der Waals surface area contributed by atoms with Gasteiger partial charge in [-0.25, -0.2) is 0 Å². The molecule has 1 atom stereocenters. The van der Waals surface area contributed by atoms with Crippen molar-refractivity contribution >= 4 is 18.3 Å². The van der Waals surface area contributed by atoms with Crippen LogP contribution in [-0.4, -0.2) is 71.2 Å². The fourth-order valence-electron chi connectivity index (χ4n) is 3.51. The minimum Gasteiger partial charge on any atom is -0.342 e. The van der Waals surface area contributed by atoms with Crippen molar-refractivity contribution in [3.63, 3.8) is 0 Å². The van der Waals surface area contributed by atoms with Gasteiger partial charge in [-0.1, -0.05) is 17.3 Å². The van der Waals surface area contributed by atoms with E-state index >= 15 is 0 Å². The zero-order chi connectivity index (χ0) is 16.4. The number of aromatic nitrogens is 2. The maximum atomic E-state index is 12.7. The molecule has 1 aromatic carbocycles. The quantitative estimate of drug-likeness (QED) is 0.885. The average molecular weight is 364 g/mol. The molecule has 1 amide bonds. The van der Waals surface area contributed by atoms with Crippen LogP contribution >= 0.6 is 12.4 Å². The Morgan fingerprint density at radius 3 is 2.60 bits per heavy atom. The van der Waals surface area contributed by atoms with Crippen LogP contribution in [0.1, 0.15) is 16.8 Å². The molecule has 2 aliphatic rings. The summed E-state index contributed by atoms with van der Waals surface area (Å²) in [5, 5.41) is 7.18. The lowest BCUT2D eigenvalue weighted by Gasteiger charge is -2.32. The highest BCUT2D eigenvalue weighted by Gasteiger charge is 2.31. The molecule has 2 fully saturated rings. The molecule has 1 unspecified atom stereocenters. The Kier molecular flexibility index (Phi) is 5.67. The number of halogens is 1. The topological polar surface area (TPSA) is 74.5 Å². The van der Waals surface area contributed by atoms with Gasteiger partial charge < -0.3 is 14.7 Å². The smallest absolute Gasteiger partial charge is 0.253 e. The molecule has 3 heterocycles. The maximum absolute atomic E-state index is 12.7. The SMILES string of the molecule is Cl.O=C(c1ccc(-c2ncon2)cc1)N1CCC(N2CCNCC2)C1. The minimum absolute atomic E-state index is 0. The Morgan fingerprint density at radius 2 is 1.92 bits per heavy atom. The first-order valence-corrected chi connectivity index (χ1v) is 8.42. The number of amides is 1. The molecule has 7 nitrogen and oxygen atoms in total. The summed E-state index contributed by atoms with van der Waals surface area (Å²) in [6.45, 7) is 5.90. The second-order valence-corrected chi connectivity index (χ2v) is 6.31. The fraction of sp³-hybridized carbons (Fsp3) is 0.471. The van der Waals surface area contributed by atoms with E-state index in [2.05, 4.69) is 20.4 Å². The second kappa shape index (κ2) is 7.95. The number of hydrogen-bond acceptors (Lipinski definition) is 6. The van der Waals surface area contributed by atoms with Gasteiger partial charge in [-0.2, -0.15) is 4.98 Å². The summed E-state index contributed by atoms with van der Waals surface area (Å²) in [5.74, 6) is 0.640. The zero-order valence-electron chi connectivity index (χ0n) is 13.9. The molecule has 0 bridgehead atoms. The molecule has 2 saturated heterocycles. The molecular formula is C17H22ClN5O2. The highest BCUT2D eigenvalue weighted by Crippen LogP contribution is 2.20. The molecule has 0 saturated carbocycles. The van der Waals surface area contributed by atoms with E-state index in [4.69, 9.17) is 4.52 Å². The number of hydrogen-bond donors (Lipinski definition) is 1. The largest absolute Gasteiger partial charge is 0.342 e. The average Bonchev–Trinajstić information content (AvgIpc) is 3.34. The summed E-state index contributed by atoms with van der Waals surface area (Å²) in [6, 6.07) is 7.90. The molecule has 0 radical (unpaired) electrons. The van der Waals surface area contributed by atoms with Gasteiger partial charge in [0, 0.05) is 56.4 Å². The number of carbonyl (C=O) groups excluding carboxylic acids is 1. The molecule has 4 rings (SSSR count). The van der Waals surface area contributed by atoms with Gasteiger partial charge in [0.1, 0.15) is 0 Å². The molecular weight excluding hydrogens is 342 g/mol. The lowest BCUT2D eigenvalue weighted by molar-refractivity contribution is 0.0773. The number of rotatable bonds is 3. The van der Waals surface area contributed by atoms with Crippen molar-refractivity contribution in [1.29, 1.82) is 0 Å². The van der Waals surface area contributed by atoms with Crippen molar-refractivity contribution in [3.8, 4) is 11.4 Å². The van der Waals surface area contributed by atoms with Gasteiger partial charge in [0.2, 0.25) is 12.2 Å². The van der Waals surface area contributed by atoms with Gasteiger partial charge in [-0.05, 0) is 18.6 Å². The molecule has 25 heavy (non-hydrogen) atoms. The van der Waals surface area contributed by atoms with E-state index in [0.717, 1.165) is 51.3 Å². The van der Waals surface area contributed by atoms with Crippen molar-refractivity contribution in [2.45, 2.75) is 12.5 Å². The van der Waals surface area contributed by atoms with Crippen molar-refractivity contribution in [2.24, 2.45) is 0 Å². The van der Waals surface area contributed by atoms with E-state index in [1.54, 1.807) is 0 Å². The highest BCUT2D eigenvalue weighted by molar-refractivity contribution is 5.94. The number of nitrogens with one attached hydrogen (secondary N) is 1. The second-order valence-electron chi connectivity index (χ2n) is 6.31. The number of benzene rings is 1. The van der Waals surface area contributed by atoms with Gasteiger partial charge >= 0.3 is 0 Å². The van der Waals surface area contributed by atoms with E-state index < -0.39 is 0 Å². The lowest BCUT2D eigenvalue weighted by Crippen LogP contribution is -2.49. The molecule has 1 aromatic heterocycles. The third-order valence-corrected chi connectivity index (χ3v) is 4.87. The predicted molar refractivity (Wildman–Crippen MR) is 95.7 cm³/mol. The van der Waals surface area contributed by atoms with E-state index in [0.29, 0.717) is 17.4 Å². The number of likely N-dealkylation sites (tertiary alicyclic amines) is 1. The van der Waals surface area contributed by atoms with Crippen LogP contribution in [-0.2, 0) is 0 Å². The van der Waals surface area contributed by atoms with Crippen LogP contribution in [0.5, 0.6) is 0 Å². The monoisotopic (exact) mass is 363 g/mol. The summed E-state index contributed by atoms with van der Waals surface area (Å²) < 4.78 is 4.75. The van der Waals surface area contributed by atoms with Crippen LogP contribution in [0.2, 0.25) is 0 Å². The Hall–Kier alpha value is -1.96. The first-order valence-electron chi connectivity index (χ1n) is 8.42. The van der Waals surface area contributed by atoms with Crippen LogP contribution < -0.4 is 5.32 Å². The van der Waals surface area contributed by atoms with Crippen molar-refractivity contribution in [2.75, 3.05) is 39.3 Å². The summed E-state index contributed by atoms with van der Waals surface area (Å²) >= 11 is 0. The van der Waals surface area contributed by atoms with Crippen LogP contribution in [0.25, 0.3) is 11.4 Å². The molecule has 8 heteroatoms. The third kappa shape index (κ3) is 3.84. The summed E-state index contributed by atoms with van der Waals surface area (Å²) in [5.41, 5.74) is 1.56. The summed E-state index contributed by atoms with van der Waals surface area (Å²) in [7, 11) is 0. The molecule has 1 N–H and O–H groups in total. The normalized spacial score (nSPS) is 21.1. The van der Waals surface area contributed by atoms with Gasteiger partial charge in [0.15, 0.2) is 0 Å². The van der Waals surface area contributed by atoms with E-state index in [1.165, 1.54) is 6.39 Å². The number of carbonyl (C=O) groups is 1. The van der Waals surface area contributed by atoms with Gasteiger partial charge in [0.25, 0.3) is 5.91 Å². The van der Waals surface area contributed by atoms with Crippen LogP contribution in [0.4, 0.5) is 0 Å². The van der Waals surface area contributed by atoms with E-state index in [9.17, 15) is 4.79 Å². The van der Waals surface area contributed by atoms with Crippen LogP contribution in [0.15, 0.2) is 35.2 Å². The van der Waals surface area contributed by atoms with Crippen molar-refractivity contribution in [1.82, 2.24) is 25.3 Å². The Balaban J connectivity index is 0.00000182. The van der Waals surface area contributed by atoms with Crippen LogP contribution in [0, 0.1) is 0 Å². The summed E-state index contributed by atoms with van der Waals surface area (Å²) in [4.78, 5) is 21.2. The maximum Gasteiger partial charge on any atom is 0.253 e. The molecule has 134 valence electrons. The first-order chi connectivity index (χ1) is 11.8. The van der Waals surface area contributed by atoms with Gasteiger partial charge in [-0.15, -0.1) is 12.4 Å². The molecule has 2 aliphatic heterocycles. The Bertz CT molecular complexity index is 686. The van der Waals surface area contributed by atoms with Gasteiger partial charge in [0.05, 0.1) is 0 Å². The first kappa shape index (κ1) is 17.8. The fourth-order valence-corrected chi connectivity index (χ4v) is 3.51. The van der Waals surface area contributed by atoms with E-state index in [1.807, 2.05) is 29.2 Å². The standard InChI is InChI=1S/C17H21N5O2.ClH/c23-17(14-3-1-13(2-4-14)16-19-12-24-20-16)22-8-5-15(11-22)21-9-6-18-7-10-21;/h1-4,12,15,18H,5-11H2;1H. The van der Waals surface area contributed by atoms with Crippen LogP contribution in [0.3, 0.4) is 0 Å². The van der Waals surface area contributed by atoms with Gasteiger partial charge in [-0.3, -0.25) is 9.69 Å². The molecule has 0 aliphatic carbocycles. The Morgan fingerprint density at radius 1 is 1.16 bits per heavy atom. The molecule has 0 spiro atoms. The minimum atomic E-state index is 0. The highest BCUT2D eigenvalue weighted by atomic mass is 35.5. The summed E-state index contributed by atoms with van der Waals surface area (Å²) in [6.07, 6.45) is 2.36. The van der Waals surface area contributed by atoms with Crippen molar-refractivity contribution < 1.29 is 9.32 Å². The van der Waals surface area contributed by atoms with E-state index in [-0.39, 0.29) is 18.3 Å². The molecule has 2 aromatic rings.